The predicted octanol–water partition coefficient (Wildman–Crippen LogP) is 3.87. The third-order valence-electron chi connectivity index (χ3n) is 2.28. The molecule has 82 valence electrons. The number of rotatable bonds is 2. The fourth-order valence-corrected chi connectivity index (χ4v) is 2.34. The van der Waals surface area contributed by atoms with Crippen molar-refractivity contribution >= 4 is 17.4 Å². The molecule has 0 radical (unpaired) electrons. The summed E-state index contributed by atoms with van der Waals surface area (Å²) >= 11 is 1.56. The van der Waals surface area contributed by atoms with Crippen LogP contribution in [0.15, 0.2) is 52.3 Å². The lowest BCUT2D eigenvalue weighted by Crippen LogP contribution is -1.88. The van der Waals surface area contributed by atoms with Crippen LogP contribution in [0.2, 0.25) is 0 Å². The van der Waals surface area contributed by atoms with Crippen LogP contribution in [0.5, 0.6) is 0 Å². The molecule has 2 aromatic rings. The van der Waals surface area contributed by atoms with Gasteiger partial charge in [-0.05, 0) is 42.8 Å². The second-order valence-corrected chi connectivity index (χ2v) is 4.63. The lowest BCUT2D eigenvalue weighted by atomic mass is 10.2. The summed E-state index contributed by atoms with van der Waals surface area (Å²) in [5.41, 5.74) is 7.52. The lowest BCUT2D eigenvalue weighted by molar-refractivity contribution is 0.625. The molecule has 2 N–H and O–H groups in total. The zero-order chi connectivity index (χ0) is 11.5. The number of halogens is 1. The van der Waals surface area contributed by atoms with Crippen LogP contribution in [0.25, 0.3) is 0 Å². The van der Waals surface area contributed by atoms with E-state index in [-0.39, 0.29) is 5.82 Å². The summed E-state index contributed by atoms with van der Waals surface area (Å²) in [5.74, 6) is -0.206. The van der Waals surface area contributed by atoms with E-state index in [1.165, 1.54) is 12.1 Å². The average molecular weight is 233 g/mol. The monoisotopic (exact) mass is 233 g/mol. The van der Waals surface area contributed by atoms with Gasteiger partial charge in [-0.3, -0.25) is 0 Å². The molecule has 0 heterocycles. The molecule has 0 fully saturated rings. The Morgan fingerprint density at radius 2 is 1.81 bits per heavy atom. The molecule has 0 aromatic heterocycles. The zero-order valence-electron chi connectivity index (χ0n) is 8.91. The van der Waals surface area contributed by atoms with E-state index in [0.29, 0.717) is 0 Å². The molecule has 0 atom stereocenters. The van der Waals surface area contributed by atoms with Crippen LogP contribution in [-0.2, 0) is 0 Å². The van der Waals surface area contributed by atoms with Crippen LogP contribution in [0.3, 0.4) is 0 Å². The third-order valence-corrected chi connectivity index (χ3v) is 3.55. The number of aryl methyl sites for hydroxylation is 1. The predicted molar refractivity (Wildman–Crippen MR) is 66.1 cm³/mol. The van der Waals surface area contributed by atoms with Crippen molar-refractivity contribution in [2.24, 2.45) is 0 Å². The normalized spacial score (nSPS) is 10.4. The highest BCUT2D eigenvalue weighted by Gasteiger charge is 2.04. The Morgan fingerprint density at radius 3 is 2.50 bits per heavy atom. The molecule has 0 bridgehead atoms. The van der Waals surface area contributed by atoms with Crippen molar-refractivity contribution in [2.75, 3.05) is 5.73 Å². The van der Waals surface area contributed by atoms with Gasteiger partial charge in [-0.15, -0.1) is 0 Å². The van der Waals surface area contributed by atoms with Gasteiger partial charge >= 0.3 is 0 Å². The first-order valence-corrected chi connectivity index (χ1v) is 5.77. The summed E-state index contributed by atoms with van der Waals surface area (Å²) in [4.78, 5) is 2.02. The van der Waals surface area contributed by atoms with Crippen LogP contribution in [0, 0.1) is 12.7 Å². The minimum atomic E-state index is -0.206. The molecule has 16 heavy (non-hydrogen) atoms. The van der Waals surface area contributed by atoms with Gasteiger partial charge < -0.3 is 5.73 Å². The standard InChI is InChI=1S/C13H12FNS/c1-9-8-10(14)6-7-12(9)16-13-5-3-2-4-11(13)15/h2-8H,15H2,1H3. The largest absolute Gasteiger partial charge is 0.398 e. The maximum absolute atomic E-state index is 12.9. The van der Waals surface area contributed by atoms with E-state index in [1.54, 1.807) is 17.8 Å². The van der Waals surface area contributed by atoms with Crippen LogP contribution in [0.1, 0.15) is 5.56 Å². The van der Waals surface area contributed by atoms with Crippen LogP contribution in [-0.4, -0.2) is 0 Å². The number of para-hydroxylation sites is 1. The third kappa shape index (κ3) is 2.36. The molecule has 0 aliphatic heterocycles. The SMILES string of the molecule is Cc1cc(F)ccc1Sc1ccccc1N. The van der Waals surface area contributed by atoms with Crippen molar-refractivity contribution in [2.45, 2.75) is 16.7 Å². The summed E-state index contributed by atoms with van der Waals surface area (Å²) < 4.78 is 12.9. The Hall–Kier alpha value is -1.48. The number of benzene rings is 2. The Balaban J connectivity index is 2.31. The van der Waals surface area contributed by atoms with Crippen molar-refractivity contribution in [1.82, 2.24) is 0 Å². The Bertz CT molecular complexity index is 511. The van der Waals surface area contributed by atoms with Crippen molar-refractivity contribution in [3.05, 3.63) is 53.8 Å². The van der Waals surface area contributed by atoms with E-state index >= 15 is 0 Å². The van der Waals surface area contributed by atoms with Crippen molar-refractivity contribution in [3.8, 4) is 0 Å². The number of anilines is 1. The van der Waals surface area contributed by atoms with E-state index in [4.69, 9.17) is 5.73 Å². The quantitative estimate of drug-likeness (QED) is 0.797. The summed E-state index contributed by atoms with van der Waals surface area (Å²) in [6, 6.07) is 12.4. The van der Waals surface area contributed by atoms with Gasteiger partial charge in [-0.1, -0.05) is 23.9 Å². The molecule has 0 saturated heterocycles. The van der Waals surface area contributed by atoms with Gasteiger partial charge in [0.15, 0.2) is 0 Å². The smallest absolute Gasteiger partial charge is 0.123 e. The highest BCUT2D eigenvalue weighted by Crippen LogP contribution is 2.33. The summed E-state index contributed by atoms with van der Waals surface area (Å²) in [7, 11) is 0. The van der Waals surface area contributed by atoms with Crippen molar-refractivity contribution in [1.29, 1.82) is 0 Å². The first-order valence-electron chi connectivity index (χ1n) is 4.95. The molecule has 3 heteroatoms. The maximum Gasteiger partial charge on any atom is 0.123 e. The molecule has 1 nitrogen and oxygen atoms in total. The molecule has 2 aromatic carbocycles. The topological polar surface area (TPSA) is 26.0 Å². The van der Waals surface area contributed by atoms with Gasteiger partial charge in [-0.2, -0.15) is 0 Å². The van der Waals surface area contributed by atoms with Gasteiger partial charge in [0, 0.05) is 15.5 Å². The van der Waals surface area contributed by atoms with E-state index in [9.17, 15) is 4.39 Å². The number of hydrogen-bond acceptors (Lipinski definition) is 2. The first-order chi connectivity index (χ1) is 7.66. The van der Waals surface area contributed by atoms with Crippen LogP contribution in [0.4, 0.5) is 10.1 Å². The summed E-state index contributed by atoms with van der Waals surface area (Å²) in [5, 5.41) is 0. The summed E-state index contributed by atoms with van der Waals surface area (Å²) in [6.07, 6.45) is 0. The fraction of sp³-hybridized carbons (Fsp3) is 0.0769. The maximum atomic E-state index is 12.9. The van der Waals surface area contributed by atoms with Gasteiger partial charge in [-0.25, -0.2) is 4.39 Å². The first kappa shape index (κ1) is 11.0. The highest BCUT2D eigenvalue weighted by molar-refractivity contribution is 7.99. The Kier molecular flexibility index (Phi) is 3.15. The zero-order valence-corrected chi connectivity index (χ0v) is 9.72. The van der Waals surface area contributed by atoms with E-state index in [1.807, 2.05) is 31.2 Å². The molecule has 0 saturated carbocycles. The summed E-state index contributed by atoms with van der Waals surface area (Å²) in [6.45, 7) is 1.89. The molecular weight excluding hydrogens is 221 g/mol. The van der Waals surface area contributed by atoms with Crippen molar-refractivity contribution < 1.29 is 4.39 Å². The Morgan fingerprint density at radius 1 is 1.06 bits per heavy atom. The van der Waals surface area contributed by atoms with Crippen molar-refractivity contribution in [3.63, 3.8) is 0 Å². The molecular formula is C13H12FNS. The second-order valence-electron chi connectivity index (χ2n) is 3.55. The minimum absolute atomic E-state index is 0.206. The molecule has 0 amide bonds. The second kappa shape index (κ2) is 4.58. The lowest BCUT2D eigenvalue weighted by Gasteiger charge is -2.07. The number of hydrogen-bond donors (Lipinski definition) is 1. The van der Waals surface area contributed by atoms with Crippen LogP contribution >= 0.6 is 11.8 Å². The molecule has 0 aliphatic carbocycles. The molecule has 0 unspecified atom stereocenters. The van der Waals surface area contributed by atoms with E-state index in [2.05, 4.69) is 0 Å². The number of nitrogens with two attached hydrogens (primary N) is 1. The van der Waals surface area contributed by atoms with Gasteiger partial charge in [0.05, 0.1) is 0 Å². The minimum Gasteiger partial charge on any atom is -0.398 e. The van der Waals surface area contributed by atoms with Crippen LogP contribution < -0.4 is 5.73 Å². The average Bonchev–Trinajstić information content (AvgIpc) is 2.25. The van der Waals surface area contributed by atoms with Gasteiger partial charge in [0.25, 0.3) is 0 Å². The van der Waals surface area contributed by atoms with E-state index in [0.717, 1.165) is 21.0 Å². The fourth-order valence-electron chi connectivity index (χ4n) is 1.42. The molecule has 0 aliphatic rings. The van der Waals surface area contributed by atoms with Gasteiger partial charge in [0.2, 0.25) is 0 Å². The molecule has 0 spiro atoms. The highest BCUT2D eigenvalue weighted by atomic mass is 32.2. The number of nitrogen functional groups attached to an aromatic ring is 1. The van der Waals surface area contributed by atoms with Gasteiger partial charge in [0.1, 0.15) is 5.82 Å². The van der Waals surface area contributed by atoms with E-state index < -0.39 is 0 Å². The molecule has 2 rings (SSSR count). The Labute approximate surface area is 98.5 Å².